The van der Waals surface area contributed by atoms with E-state index in [1.807, 2.05) is 0 Å². The molecule has 1 heterocycles. The van der Waals surface area contributed by atoms with Crippen LogP contribution in [-0.2, 0) is 0 Å². The summed E-state index contributed by atoms with van der Waals surface area (Å²) in [4.78, 5) is 17.0. The highest BCUT2D eigenvalue weighted by atomic mass is 16.1. The standard InChI is InChI=1S/C10H8N4O/c11-14-12-7-2-1-4-9-5-3-6-10(8-15)13-9/h3,5-6,8H,2,7H2. The molecular formula is C10H8N4O. The van der Waals surface area contributed by atoms with Crippen LogP contribution in [0.2, 0.25) is 0 Å². The molecule has 74 valence electrons. The van der Waals surface area contributed by atoms with Gasteiger partial charge in [-0.1, -0.05) is 17.1 Å². The van der Waals surface area contributed by atoms with E-state index in [1.165, 1.54) is 0 Å². The summed E-state index contributed by atoms with van der Waals surface area (Å²) in [5.74, 6) is 5.57. The van der Waals surface area contributed by atoms with Gasteiger partial charge < -0.3 is 0 Å². The Hall–Kier alpha value is -2.31. The highest BCUT2D eigenvalue weighted by molar-refractivity contribution is 5.71. The molecule has 0 aliphatic rings. The van der Waals surface area contributed by atoms with Crippen LogP contribution in [0.3, 0.4) is 0 Å². The SMILES string of the molecule is [N-]=[N+]=NCCC#Cc1cccc(C=O)n1. The van der Waals surface area contributed by atoms with Crippen molar-refractivity contribution in [3.05, 3.63) is 40.0 Å². The molecule has 0 bridgehead atoms. The van der Waals surface area contributed by atoms with E-state index >= 15 is 0 Å². The van der Waals surface area contributed by atoms with Crippen LogP contribution >= 0.6 is 0 Å². The van der Waals surface area contributed by atoms with Crippen LogP contribution in [0.1, 0.15) is 22.6 Å². The van der Waals surface area contributed by atoms with E-state index in [2.05, 4.69) is 26.9 Å². The van der Waals surface area contributed by atoms with E-state index in [9.17, 15) is 4.79 Å². The van der Waals surface area contributed by atoms with Crippen molar-refractivity contribution in [2.24, 2.45) is 5.11 Å². The average Bonchev–Trinajstić information content (AvgIpc) is 2.29. The molecule has 0 radical (unpaired) electrons. The average molecular weight is 200 g/mol. The number of pyridine rings is 1. The Morgan fingerprint density at radius 2 is 2.47 bits per heavy atom. The van der Waals surface area contributed by atoms with Crippen molar-refractivity contribution in [3.63, 3.8) is 0 Å². The van der Waals surface area contributed by atoms with Crippen LogP contribution in [0, 0.1) is 11.8 Å². The molecule has 0 unspecified atom stereocenters. The van der Waals surface area contributed by atoms with Crippen molar-refractivity contribution in [2.75, 3.05) is 6.54 Å². The number of aromatic nitrogens is 1. The molecular weight excluding hydrogens is 192 g/mol. The Morgan fingerprint density at radius 3 is 3.20 bits per heavy atom. The number of rotatable bonds is 3. The van der Waals surface area contributed by atoms with E-state index in [4.69, 9.17) is 5.53 Å². The van der Waals surface area contributed by atoms with Crippen LogP contribution in [-0.4, -0.2) is 17.8 Å². The molecule has 0 saturated carbocycles. The summed E-state index contributed by atoms with van der Waals surface area (Å²) < 4.78 is 0. The minimum absolute atomic E-state index is 0.344. The molecule has 0 aromatic carbocycles. The summed E-state index contributed by atoms with van der Waals surface area (Å²) in [6.07, 6.45) is 1.15. The molecule has 0 fully saturated rings. The highest BCUT2D eigenvalue weighted by Gasteiger charge is 1.91. The van der Waals surface area contributed by atoms with E-state index in [1.54, 1.807) is 18.2 Å². The van der Waals surface area contributed by atoms with E-state index in [0.717, 1.165) is 0 Å². The summed E-state index contributed by atoms with van der Waals surface area (Å²) in [7, 11) is 0. The van der Waals surface area contributed by atoms with Gasteiger partial charge in [0.2, 0.25) is 0 Å². The van der Waals surface area contributed by atoms with Crippen LogP contribution in [0.4, 0.5) is 0 Å². The second-order valence-corrected chi connectivity index (χ2v) is 2.57. The lowest BCUT2D eigenvalue weighted by Crippen LogP contribution is -1.89. The molecule has 0 N–H and O–H groups in total. The van der Waals surface area contributed by atoms with Crippen molar-refractivity contribution in [2.45, 2.75) is 6.42 Å². The van der Waals surface area contributed by atoms with Crippen LogP contribution in [0.25, 0.3) is 10.4 Å². The fourth-order valence-corrected chi connectivity index (χ4v) is 0.890. The van der Waals surface area contributed by atoms with Crippen molar-refractivity contribution >= 4 is 6.29 Å². The molecule has 1 rings (SSSR count). The van der Waals surface area contributed by atoms with Gasteiger partial charge in [0.25, 0.3) is 0 Å². The van der Waals surface area contributed by atoms with Crippen LogP contribution < -0.4 is 0 Å². The topological polar surface area (TPSA) is 78.7 Å². The minimum atomic E-state index is 0.344. The Kier molecular flexibility index (Phi) is 4.44. The monoisotopic (exact) mass is 200 g/mol. The molecule has 5 heteroatoms. The maximum Gasteiger partial charge on any atom is 0.168 e. The fourth-order valence-electron chi connectivity index (χ4n) is 0.890. The third-order valence-corrected chi connectivity index (χ3v) is 1.51. The number of carbonyl (C=O) groups is 1. The van der Waals surface area contributed by atoms with E-state index < -0.39 is 0 Å². The van der Waals surface area contributed by atoms with Crippen LogP contribution in [0.5, 0.6) is 0 Å². The maximum absolute atomic E-state index is 10.4. The van der Waals surface area contributed by atoms with Crippen molar-refractivity contribution in [3.8, 4) is 11.8 Å². The summed E-state index contributed by atoms with van der Waals surface area (Å²) in [6, 6.07) is 5.04. The van der Waals surface area contributed by atoms with Crippen molar-refractivity contribution in [1.82, 2.24) is 4.98 Å². The first-order valence-corrected chi connectivity index (χ1v) is 4.29. The number of nitrogens with zero attached hydrogens (tertiary/aromatic N) is 4. The lowest BCUT2D eigenvalue weighted by atomic mass is 10.3. The first kappa shape index (κ1) is 10.8. The molecule has 1 aromatic heterocycles. The lowest BCUT2D eigenvalue weighted by Gasteiger charge is -1.90. The van der Waals surface area contributed by atoms with E-state index in [-0.39, 0.29) is 0 Å². The summed E-state index contributed by atoms with van der Waals surface area (Å²) in [5, 5.41) is 3.34. The molecule has 0 aliphatic carbocycles. The molecule has 0 spiro atoms. The van der Waals surface area contributed by atoms with Gasteiger partial charge in [-0.25, -0.2) is 4.98 Å². The first-order valence-electron chi connectivity index (χ1n) is 4.29. The van der Waals surface area contributed by atoms with Gasteiger partial charge in [-0.2, -0.15) is 0 Å². The number of hydrogen-bond donors (Lipinski definition) is 0. The van der Waals surface area contributed by atoms with Gasteiger partial charge in [0.05, 0.1) is 0 Å². The maximum atomic E-state index is 10.4. The zero-order valence-corrected chi connectivity index (χ0v) is 7.92. The fraction of sp³-hybridized carbons (Fsp3) is 0.200. The van der Waals surface area contributed by atoms with Gasteiger partial charge in [-0.05, 0) is 23.6 Å². The van der Waals surface area contributed by atoms with Crippen molar-refractivity contribution < 1.29 is 4.79 Å². The Bertz CT molecular complexity index is 452. The van der Waals surface area contributed by atoms with Gasteiger partial charge in [-0.3, -0.25) is 4.79 Å². The minimum Gasteiger partial charge on any atom is -0.296 e. The molecule has 15 heavy (non-hydrogen) atoms. The predicted molar refractivity (Wildman–Crippen MR) is 55.1 cm³/mol. The first-order chi connectivity index (χ1) is 7.36. The van der Waals surface area contributed by atoms with Gasteiger partial charge in [0.1, 0.15) is 11.4 Å². The molecule has 0 amide bonds. The third kappa shape index (κ3) is 3.94. The van der Waals surface area contributed by atoms with Crippen LogP contribution in [0.15, 0.2) is 23.3 Å². The predicted octanol–water partition coefficient (Wildman–Crippen LogP) is 1.95. The Labute approximate surface area is 86.8 Å². The Morgan fingerprint density at radius 1 is 1.60 bits per heavy atom. The summed E-state index contributed by atoms with van der Waals surface area (Å²) >= 11 is 0. The smallest absolute Gasteiger partial charge is 0.168 e. The van der Waals surface area contributed by atoms with Gasteiger partial charge in [0.15, 0.2) is 6.29 Å². The molecule has 5 nitrogen and oxygen atoms in total. The third-order valence-electron chi connectivity index (χ3n) is 1.51. The number of hydrogen-bond acceptors (Lipinski definition) is 3. The number of aldehydes is 1. The van der Waals surface area contributed by atoms with Gasteiger partial charge >= 0.3 is 0 Å². The molecule has 1 aromatic rings. The second kappa shape index (κ2) is 6.19. The number of carbonyl (C=O) groups excluding carboxylic acids is 1. The highest BCUT2D eigenvalue weighted by Crippen LogP contribution is 1.95. The van der Waals surface area contributed by atoms with Gasteiger partial charge in [0, 0.05) is 17.9 Å². The molecule has 0 saturated heterocycles. The largest absolute Gasteiger partial charge is 0.296 e. The summed E-state index contributed by atoms with van der Waals surface area (Å²) in [6.45, 7) is 0.344. The lowest BCUT2D eigenvalue weighted by molar-refractivity contribution is 0.111. The zero-order chi connectivity index (χ0) is 10.9. The second-order valence-electron chi connectivity index (χ2n) is 2.57. The number of azide groups is 1. The quantitative estimate of drug-likeness (QED) is 0.187. The zero-order valence-electron chi connectivity index (χ0n) is 7.92. The Balaban J connectivity index is 2.62. The normalized spacial score (nSPS) is 8.27. The molecule has 0 aliphatic heterocycles. The van der Waals surface area contributed by atoms with Gasteiger partial charge in [-0.15, -0.1) is 0 Å². The molecule has 0 atom stereocenters. The summed E-state index contributed by atoms with van der Waals surface area (Å²) in [5.41, 5.74) is 8.91. The van der Waals surface area contributed by atoms with Crippen molar-refractivity contribution in [1.29, 1.82) is 0 Å². The van der Waals surface area contributed by atoms with E-state index in [0.29, 0.717) is 30.6 Å².